The lowest BCUT2D eigenvalue weighted by Crippen LogP contribution is -1.90. The summed E-state index contributed by atoms with van der Waals surface area (Å²) in [5, 5.41) is 0. The summed E-state index contributed by atoms with van der Waals surface area (Å²) in [4.78, 5) is 0. The SMILES string of the molecule is [CH2]OCCCCCCOC. The van der Waals surface area contributed by atoms with Crippen molar-refractivity contribution >= 4 is 0 Å². The van der Waals surface area contributed by atoms with Crippen LogP contribution in [0.1, 0.15) is 25.7 Å². The van der Waals surface area contributed by atoms with Crippen molar-refractivity contribution in [1.82, 2.24) is 0 Å². The van der Waals surface area contributed by atoms with E-state index in [2.05, 4.69) is 11.8 Å². The molecule has 0 saturated heterocycles. The molecule has 0 aliphatic heterocycles. The van der Waals surface area contributed by atoms with Gasteiger partial charge in [-0.2, -0.15) is 0 Å². The predicted octanol–water partition coefficient (Wildman–Crippen LogP) is 2.00. The molecule has 0 bridgehead atoms. The zero-order chi connectivity index (χ0) is 7.66. The lowest BCUT2D eigenvalue weighted by Gasteiger charge is -1.98. The zero-order valence-electron chi connectivity index (χ0n) is 6.77. The van der Waals surface area contributed by atoms with Gasteiger partial charge in [-0.05, 0) is 12.8 Å². The minimum absolute atomic E-state index is 0.785. The van der Waals surface area contributed by atoms with Crippen molar-refractivity contribution in [3.63, 3.8) is 0 Å². The fourth-order valence-electron chi connectivity index (χ4n) is 0.804. The van der Waals surface area contributed by atoms with Crippen LogP contribution in [0.3, 0.4) is 0 Å². The molecule has 0 saturated carbocycles. The van der Waals surface area contributed by atoms with Crippen LogP contribution in [0.2, 0.25) is 0 Å². The van der Waals surface area contributed by atoms with E-state index in [-0.39, 0.29) is 0 Å². The van der Waals surface area contributed by atoms with E-state index in [1.807, 2.05) is 0 Å². The topological polar surface area (TPSA) is 18.5 Å². The summed E-state index contributed by atoms with van der Waals surface area (Å²) in [6.45, 7) is 1.66. The molecule has 0 atom stereocenters. The van der Waals surface area contributed by atoms with Gasteiger partial charge < -0.3 is 9.47 Å². The number of hydrogen-bond acceptors (Lipinski definition) is 2. The largest absolute Gasteiger partial charge is 0.385 e. The molecule has 0 aromatic carbocycles. The first-order valence-electron chi connectivity index (χ1n) is 3.77. The van der Waals surface area contributed by atoms with Crippen molar-refractivity contribution in [2.75, 3.05) is 20.3 Å². The summed E-state index contributed by atoms with van der Waals surface area (Å²) < 4.78 is 9.57. The maximum absolute atomic E-state index is 4.90. The van der Waals surface area contributed by atoms with Crippen LogP contribution in [-0.2, 0) is 9.47 Å². The van der Waals surface area contributed by atoms with Crippen molar-refractivity contribution in [3.05, 3.63) is 7.11 Å². The first-order chi connectivity index (χ1) is 4.91. The lowest BCUT2D eigenvalue weighted by atomic mass is 10.2. The van der Waals surface area contributed by atoms with Gasteiger partial charge in [0, 0.05) is 20.3 Å². The normalized spacial score (nSPS) is 10.2. The second-order valence-corrected chi connectivity index (χ2v) is 2.32. The van der Waals surface area contributed by atoms with E-state index in [0.29, 0.717) is 0 Å². The Hall–Kier alpha value is -0.0800. The van der Waals surface area contributed by atoms with Gasteiger partial charge in [0.15, 0.2) is 0 Å². The van der Waals surface area contributed by atoms with Crippen LogP contribution in [0.15, 0.2) is 0 Å². The summed E-state index contributed by atoms with van der Waals surface area (Å²) in [6, 6.07) is 0. The quantitative estimate of drug-likeness (QED) is 0.510. The van der Waals surface area contributed by atoms with Crippen molar-refractivity contribution in [3.8, 4) is 0 Å². The van der Waals surface area contributed by atoms with Crippen LogP contribution in [-0.4, -0.2) is 20.3 Å². The highest BCUT2D eigenvalue weighted by molar-refractivity contribution is 4.41. The summed E-state index contributed by atoms with van der Waals surface area (Å²) in [7, 11) is 5.03. The highest BCUT2D eigenvalue weighted by Gasteiger charge is 1.87. The highest BCUT2D eigenvalue weighted by atomic mass is 16.5. The molecule has 0 aromatic heterocycles. The molecular formula is C8H17O2. The van der Waals surface area contributed by atoms with Crippen LogP contribution in [0.25, 0.3) is 0 Å². The van der Waals surface area contributed by atoms with Gasteiger partial charge >= 0.3 is 0 Å². The first-order valence-corrected chi connectivity index (χ1v) is 3.77. The molecule has 0 amide bonds. The minimum atomic E-state index is 0.785. The van der Waals surface area contributed by atoms with Gasteiger partial charge in [0.05, 0.1) is 7.11 Å². The van der Waals surface area contributed by atoms with E-state index in [1.165, 1.54) is 12.8 Å². The van der Waals surface area contributed by atoms with E-state index in [0.717, 1.165) is 26.1 Å². The number of unbranched alkanes of at least 4 members (excludes halogenated alkanes) is 3. The average molecular weight is 145 g/mol. The third-order valence-electron chi connectivity index (χ3n) is 1.39. The van der Waals surface area contributed by atoms with Crippen molar-refractivity contribution < 1.29 is 9.47 Å². The Morgan fingerprint density at radius 2 is 1.60 bits per heavy atom. The molecule has 61 valence electrons. The lowest BCUT2D eigenvalue weighted by molar-refractivity contribution is 0.189. The van der Waals surface area contributed by atoms with E-state index < -0.39 is 0 Å². The second kappa shape index (κ2) is 8.92. The average Bonchev–Trinajstić information content (AvgIpc) is 1.97. The molecule has 0 unspecified atom stereocenters. The Bertz CT molecular complexity index is 47.2. The van der Waals surface area contributed by atoms with E-state index in [1.54, 1.807) is 7.11 Å². The molecule has 2 heteroatoms. The third-order valence-corrected chi connectivity index (χ3v) is 1.39. The maximum Gasteiger partial charge on any atom is 0.0700 e. The fourth-order valence-corrected chi connectivity index (χ4v) is 0.804. The summed E-state index contributed by atoms with van der Waals surface area (Å²) in [5.41, 5.74) is 0. The van der Waals surface area contributed by atoms with Crippen LogP contribution < -0.4 is 0 Å². The Kier molecular flexibility index (Phi) is 8.85. The predicted molar refractivity (Wildman–Crippen MR) is 41.7 cm³/mol. The molecule has 0 rings (SSSR count). The number of rotatable bonds is 7. The smallest absolute Gasteiger partial charge is 0.0700 e. The third kappa shape index (κ3) is 7.92. The second-order valence-electron chi connectivity index (χ2n) is 2.32. The van der Waals surface area contributed by atoms with Gasteiger partial charge in [-0.3, -0.25) is 0 Å². The fraction of sp³-hybridized carbons (Fsp3) is 0.875. The van der Waals surface area contributed by atoms with Crippen LogP contribution in [0.4, 0.5) is 0 Å². The van der Waals surface area contributed by atoms with Gasteiger partial charge in [0.2, 0.25) is 0 Å². The van der Waals surface area contributed by atoms with Gasteiger partial charge in [-0.1, -0.05) is 12.8 Å². The van der Waals surface area contributed by atoms with Gasteiger partial charge in [-0.25, -0.2) is 0 Å². The monoisotopic (exact) mass is 145 g/mol. The summed E-state index contributed by atoms with van der Waals surface area (Å²) in [6.07, 6.45) is 4.73. The Morgan fingerprint density at radius 1 is 1.00 bits per heavy atom. The van der Waals surface area contributed by atoms with Crippen LogP contribution >= 0.6 is 0 Å². The number of hydrogen-bond donors (Lipinski definition) is 0. The van der Waals surface area contributed by atoms with E-state index in [4.69, 9.17) is 4.74 Å². The molecule has 0 fully saturated rings. The van der Waals surface area contributed by atoms with Gasteiger partial charge in [0.25, 0.3) is 0 Å². The standard InChI is InChI=1S/C8H17O2/c1-9-7-5-3-4-6-8-10-2/h1,3-8H2,2H3. The van der Waals surface area contributed by atoms with E-state index in [9.17, 15) is 0 Å². The zero-order valence-corrected chi connectivity index (χ0v) is 6.77. The number of methoxy groups -OCH3 is 1. The molecule has 0 aliphatic carbocycles. The van der Waals surface area contributed by atoms with Crippen LogP contribution in [0.5, 0.6) is 0 Å². The number of ether oxygens (including phenoxy) is 2. The molecule has 10 heavy (non-hydrogen) atoms. The molecule has 0 aromatic rings. The van der Waals surface area contributed by atoms with Crippen molar-refractivity contribution in [1.29, 1.82) is 0 Å². The van der Waals surface area contributed by atoms with Crippen molar-refractivity contribution in [2.24, 2.45) is 0 Å². The molecule has 0 N–H and O–H groups in total. The summed E-state index contributed by atoms with van der Waals surface area (Å²) >= 11 is 0. The Morgan fingerprint density at radius 3 is 2.10 bits per heavy atom. The van der Waals surface area contributed by atoms with Crippen molar-refractivity contribution in [2.45, 2.75) is 25.7 Å². The van der Waals surface area contributed by atoms with Gasteiger partial charge in [0.1, 0.15) is 0 Å². The molecule has 0 aliphatic rings. The minimum Gasteiger partial charge on any atom is -0.385 e. The molecule has 0 heterocycles. The Balaban J connectivity index is 2.65. The van der Waals surface area contributed by atoms with Crippen LogP contribution in [0, 0.1) is 7.11 Å². The maximum atomic E-state index is 4.90. The molecule has 1 radical (unpaired) electrons. The molecular weight excluding hydrogens is 128 g/mol. The summed E-state index contributed by atoms with van der Waals surface area (Å²) in [5.74, 6) is 0. The first kappa shape index (κ1) is 9.92. The molecule has 0 spiro atoms. The van der Waals surface area contributed by atoms with Gasteiger partial charge in [-0.15, -0.1) is 0 Å². The van der Waals surface area contributed by atoms with E-state index >= 15 is 0 Å². The molecule has 2 nitrogen and oxygen atoms in total. The highest BCUT2D eigenvalue weighted by Crippen LogP contribution is 1.99. The Labute approximate surface area is 63.5 Å².